The molecule has 1 aliphatic heterocycles. The molecule has 0 aromatic carbocycles. The molecule has 0 saturated carbocycles. The molecule has 18 heavy (non-hydrogen) atoms. The summed E-state index contributed by atoms with van der Waals surface area (Å²) in [6.45, 7) is 4.00. The lowest BCUT2D eigenvalue weighted by atomic mass is 9.87. The van der Waals surface area contributed by atoms with E-state index in [2.05, 4.69) is 9.98 Å². The van der Waals surface area contributed by atoms with Crippen LogP contribution in [-0.2, 0) is 0 Å². The lowest BCUT2D eigenvalue weighted by Gasteiger charge is -2.25. The van der Waals surface area contributed by atoms with Gasteiger partial charge in [0, 0.05) is 11.5 Å². The third-order valence-electron chi connectivity index (χ3n) is 2.81. The van der Waals surface area contributed by atoms with Gasteiger partial charge in [0.15, 0.2) is 0 Å². The number of dihydropyridines is 1. The second-order valence-corrected chi connectivity index (χ2v) is 3.92. The Balaban J connectivity index is 0.000000574. The zero-order chi connectivity index (χ0) is 13.1. The number of aromatic nitrogens is 1. The smallest absolute Gasteiger partial charge is 0.134 e. The van der Waals surface area contributed by atoms with Crippen LogP contribution in [0.4, 0.5) is 0 Å². The zero-order valence-electron chi connectivity index (χ0n) is 10.4. The molecule has 1 aliphatic carbocycles. The highest BCUT2D eigenvalue weighted by atomic mass is 16.3. The summed E-state index contributed by atoms with van der Waals surface area (Å²) in [5, 5.41) is 18.7. The summed E-state index contributed by atoms with van der Waals surface area (Å²) < 4.78 is 0. The van der Waals surface area contributed by atoms with Crippen LogP contribution in [0.25, 0.3) is 6.08 Å². The first-order chi connectivity index (χ1) is 8.74. The highest BCUT2D eigenvalue weighted by molar-refractivity contribution is 5.77. The molecule has 1 aromatic rings. The maximum Gasteiger partial charge on any atom is 0.134 e. The van der Waals surface area contributed by atoms with Gasteiger partial charge in [0.05, 0.1) is 18.1 Å². The van der Waals surface area contributed by atoms with Crippen molar-refractivity contribution >= 4 is 12.3 Å². The minimum atomic E-state index is -0.0866. The summed E-state index contributed by atoms with van der Waals surface area (Å²) in [7, 11) is 0. The molecule has 0 bridgehead atoms. The number of hydrogen-bond donors (Lipinski definition) is 2. The largest absolute Gasteiger partial charge is 0.507 e. The Bertz CT molecular complexity index is 533. The molecule has 3 rings (SSSR count). The van der Waals surface area contributed by atoms with E-state index in [0.717, 1.165) is 11.3 Å². The highest BCUT2D eigenvalue weighted by Crippen LogP contribution is 2.37. The van der Waals surface area contributed by atoms with Gasteiger partial charge in [0.25, 0.3) is 0 Å². The lowest BCUT2D eigenvalue weighted by molar-refractivity contribution is 0.426. The number of hydrogen-bond acceptors (Lipinski definition) is 4. The molecule has 2 aliphatic rings. The molecule has 2 unspecified atom stereocenters. The van der Waals surface area contributed by atoms with Crippen LogP contribution in [0.15, 0.2) is 35.2 Å². The molecule has 1 aromatic heterocycles. The van der Waals surface area contributed by atoms with Gasteiger partial charge in [0.2, 0.25) is 0 Å². The summed E-state index contributed by atoms with van der Waals surface area (Å²) in [5.74, 6) is 0.391. The molecule has 4 nitrogen and oxygen atoms in total. The van der Waals surface area contributed by atoms with E-state index in [4.69, 9.17) is 0 Å². The van der Waals surface area contributed by atoms with Crippen molar-refractivity contribution in [3.05, 3.63) is 41.4 Å². The quantitative estimate of drug-likeness (QED) is 0.737. The van der Waals surface area contributed by atoms with Crippen molar-refractivity contribution in [3.8, 4) is 5.75 Å². The van der Waals surface area contributed by atoms with E-state index in [1.807, 2.05) is 26.0 Å². The number of aromatic hydroxyl groups is 1. The van der Waals surface area contributed by atoms with Crippen LogP contribution < -0.4 is 0 Å². The first-order valence-electron chi connectivity index (χ1n) is 6.05. The molecular weight excluding hydrogens is 228 g/mol. The number of aliphatic imine (C=N–C) groups is 1. The first-order valence-corrected chi connectivity index (χ1v) is 6.05. The second-order valence-electron chi connectivity index (χ2n) is 3.92. The van der Waals surface area contributed by atoms with Gasteiger partial charge in [-0.15, -0.1) is 0 Å². The Morgan fingerprint density at radius 1 is 1.22 bits per heavy atom. The lowest BCUT2D eigenvalue weighted by Crippen LogP contribution is -2.17. The predicted octanol–water partition coefficient (Wildman–Crippen LogP) is 3.02. The number of aliphatic hydroxyl groups excluding tert-OH is 1. The fourth-order valence-corrected chi connectivity index (χ4v) is 2.08. The third kappa shape index (κ3) is 2.14. The molecule has 0 spiro atoms. The molecule has 2 heterocycles. The van der Waals surface area contributed by atoms with Crippen LogP contribution in [0, 0.1) is 5.92 Å². The molecule has 0 radical (unpaired) electrons. The van der Waals surface area contributed by atoms with Crippen LogP contribution >= 0.6 is 0 Å². The van der Waals surface area contributed by atoms with Crippen molar-refractivity contribution in [2.45, 2.75) is 19.9 Å². The zero-order valence-corrected chi connectivity index (χ0v) is 10.4. The van der Waals surface area contributed by atoms with E-state index in [1.165, 1.54) is 12.4 Å². The third-order valence-corrected chi connectivity index (χ3v) is 2.81. The average molecular weight is 244 g/mol. The number of allylic oxidation sites excluding steroid dienone is 1. The molecule has 2 N–H and O–H groups in total. The van der Waals surface area contributed by atoms with Crippen LogP contribution in [0.2, 0.25) is 0 Å². The molecule has 2 atom stereocenters. The fraction of sp³-hybridized carbons (Fsp3) is 0.286. The van der Waals surface area contributed by atoms with Crippen LogP contribution in [0.1, 0.15) is 31.1 Å². The molecule has 4 heteroatoms. The Morgan fingerprint density at radius 3 is 2.78 bits per heavy atom. The van der Waals surface area contributed by atoms with E-state index in [0.29, 0.717) is 0 Å². The summed E-state index contributed by atoms with van der Waals surface area (Å²) in [6.07, 6.45) is 8.47. The summed E-state index contributed by atoms with van der Waals surface area (Å²) in [4.78, 5) is 8.47. The van der Waals surface area contributed by atoms with E-state index >= 15 is 0 Å². The van der Waals surface area contributed by atoms with Crippen molar-refractivity contribution in [1.29, 1.82) is 0 Å². The maximum absolute atomic E-state index is 9.36. The second kappa shape index (κ2) is 5.04. The number of aliphatic hydroxyl groups is 1. The van der Waals surface area contributed by atoms with Crippen molar-refractivity contribution in [2.24, 2.45) is 10.9 Å². The monoisotopic (exact) mass is 244 g/mol. The van der Waals surface area contributed by atoms with Crippen molar-refractivity contribution < 1.29 is 10.2 Å². The van der Waals surface area contributed by atoms with Crippen molar-refractivity contribution in [1.82, 2.24) is 4.98 Å². The topological polar surface area (TPSA) is 65.7 Å². The number of pyridine rings is 1. The van der Waals surface area contributed by atoms with E-state index in [9.17, 15) is 10.2 Å². The molecular formula is C14H16N2O2. The minimum Gasteiger partial charge on any atom is -0.507 e. The van der Waals surface area contributed by atoms with Gasteiger partial charge in [0.1, 0.15) is 17.6 Å². The SMILES string of the molecule is CC.OC1=CC2C=Cc3cc(O)cnc3C2N=C1. The van der Waals surface area contributed by atoms with Gasteiger partial charge >= 0.3 is 0 Å². The molecule has 94 valence electrons. The summed E-state index contributed by atoms with van der Waals surface area (Å²) >= 11 is 0. The average Bonchev–Trinajstić information content (AvgIpc) is 2.40. The van der Waals surface area contributed by atoms with E-state index in [1.54, 1.807) is 12.1 Å². The van der Waals surface area contributed by atoms with E-state index in [-0.39, 0.29) is 23.5 Å². The molecule has 0 saturated heterocycles. The Labute approximate surface area is 106 Å². The number of rotatable bonds is 0. The van der Waals surface area contributed by atoms with Gasteiger partial charge in [-0.05, 0) is 12.1 Å². The maximum atomic E-state index is 9.36. The molecule has 0 amide bonds. The van der Waals surface area contributed by atoms with Crippen LogP contribution in [0.5, 0.6) is 5.75 Å². The van der Waals surface area contributed by atoms with Crippen molar-refractivity contribution in [3.63, 3.8) is 0 Å². The van der Waals surface area contributed by atoms with Gasteiger partial charge in [-0.3, -0.25) is 9.98 Å². The predicted molar refractivity (Wildman–Crippen MR) is 71.7 cm³/mol. The number of fused-ring (bicyclic) bond motifs is 3. The Kier molecular flexibility index (Phi) is 3.46. The Hall–Kier alpha value is -2.10. The normalized spacial score (nSPS) is 23.3. The van der Waals surface area contributed by atoms with Gasteiger partial charge in [-0.2, -0.15) is 0 Å². The van der Waals surface area contributed by atoms with Crippen molar-refractivity contribution in [2.75, 3.05) is 0 Å². The fourth-order valence-electron chi connectivity index (χ4n) is 2.08. The highest BCUT2D eigenvalue weighted by Gasteiger charge is 2.28. The summed E-state index contributed by atoms with van der Waals surface area (Å²) in [6, 6.07) is 1.58. The first kappa shape index (κ1) is 12.4. The molecule has 0 fully saturated rings. The van der Waals surface area contributed by atoms with Crippen LogP contribution in [-0.4, -0.2) is 21.4 Å². The Morgan fingerprint density at radius 2 is 2.00 bits per heavy atom. The standard InChI is InChI=1S/C12H10N2O2.C2H6/c15-9-3-7-1-2-8-4-10(16)6-14-12(8)11(7)13-5-9;1-2/h1-7,11,15-16H;1-2H3. The van der Waals surface area contributed by atoms with Crippen LogP contribution in [0.3, 0.4) is 0 Å². The van der Waals surface area contributed by atoms with Gasteiger partial charge in [-0.1, -0.05) is 26.0 Å². The number of nitrogens with zero attached hydrogens (tertiary/aromatic N) is 2. The van der Waals surface area contributed by atoms with Gasteiger partial charge in [-0.25, -0.2) is 0 Å². The summed E-state index contributed by atoms with van der Waals surface area (Å²) in [5.41, 5.74) is 1.72. The van der Waals surface area contributed by atoms with Gasteiger partial charge < -0.3 is 10.2 Å². The minimum absolute atomic E-state index is 0.0505. The van der Waals surface area contributed by atoms with E-state index < -0.39 is 0 Å².